The predicted molar refractivity (Wildman–Crippen MR) is 163 cm³/mol. The number of rotatable bonds is 6. The Morgan fingerprint density at radius 1 is 1.17 bits per heavy atom. The maximum Gasteiger partial charge on any atom is 0.251 e. The number of halogens is 1. The minimum Gasteiger partial charge on any atom is -0.506 e. The normalized spacial score (nSPS) is 17.3. The average molecular weight is 580 g/mol. The minimum absolute atomic E-state index is 0.0674. The molecule has 3 aromatic rings. The molecule has 1 aromatic heterocycles. The highest BCUT2D eigenvalue weighted by molar-refractivity contribution is 6.32. The summed E-state index contributed by atoms with van der Waals surface area (Å²) >= 11 is 6.41. The molecule has 0 saturated carbocycles. The molecule has 220 valence electrons. The summed E-state index contributed by atoms with van der Waals surface area (Å²) in [6.07, 6.45) is 1.57. The van der Waals surface area contributed by atoms with E-state index in [0.29, 0.717) is 42.5 Å². The molecule has 7 nitrogen and oxygen atoms in total. The Labute approximate surface area is 248 Å². The van der Waals surface area contributed by atoms with E-state index < -0.39 is 17.7 Å². The Balaban J connectivity index is 1.62. The summed E-state index contributed by atoms with van der Waals surface area (Å²) in [4.78, 5) is 17.9. The second kappa shape index (κ2) is 13.2. The number of aromatic hydroxyl groups is 1. The number of aryl methyl sites for hydroxylation is 2. The Hall–Kier alpha value is -3.13. The van der Waals surface area contributed by atoms with Gasteiger partial charge in [-0.15, -0.1) is 0 Å². The first-order valence-electron chi connectivity index (χ1n) is 14.4. The molecule has 0 unspecified atom stereocenters. The second-order valence-electron chi connectivity index (χ2n) is 11.9. The van der Waals surface area contributed by atoms with Crippen molar-refractivity contribution in [3.05, 3.63) is 87.1 Å². The second-order valence-corrected chi connectivity index (χ2v) is 12.3. The van der Waals surface area contributed by atoms with Crippen molar-refractivity contribution in [2.75, 3.05) is 13.2 Å². The maximum absolute atomic E-state index is 13.5. The third-order valence-corrected chi connectivity index (χ3v) is 8.04. The summed E-state index contributed by atoms with van der Waals surface area (Å²) in [6.45, 7) is 11.0. The number of hydrogen-bond donors (Lipinski definition) is 4. The fourth-order valence-corrected chi connectivity index (χ4v) is 5.41. The summed E-state index contributed by atoms with van der Waals surface area (Å²) < 4.78 is 5.84. The largest absolute Gasteiger partial charge is 0.506 e. The van der Waals surface area contributed by atoms with E-state index in [0.717, 1.165) is 29.5 Å². The van der Waals surface area contributed by atoms with E-state index in [9.17, 15) is 15.0 Å². The van der Waals surface area contributed by atoms with Crippen LogP contribution in [0, 0.1) is 6.92 Å². The number of aliphatic hydroxyl groups is 1. The molecule has 2 aromatic carbocycles. The molecule has 4 N–H and O–H groups in total. The molecule has 0 radical (unpaired) electrons. The van der Waals surface area contributed by atoms with Gasteiger partial charge in [-0.2, -0.15) is 0 Å². The highest BCUT2D eigenvalue weighted by Gasteiger charge is 2.28. The zero-order chi connectivity index (χ0) is 29.7. The topological polar surface area (TPSA) is 104 Å². The molecule has 2 heterocycles. The quantitative estimate of drug-likeness (QED) is 0.294. The van der Waals surface area contributed by atoms with Crippen LogP contribution in [0.15, 0.2) is 48.5 Å². The van der Waals surface area contributed by atoms with Gasteiger partial charge in [-0.25, -0.2) is 4.98 Å². The van der Waals surface area contributed by atoms with Crippen LogP contribution in [0.1, 0.15) is 84.8 Å². The van der Waals surface area contributed by atoms with Crippen LogP contribution in [0.25, 0.3) is 0 Å². The van der Waals surface area contributed by atoms with Crippen LogP contribution < -0.4 is 15.4 Å². The third kappa shape index (κ3) is 8.00. The Morgan fingerprint density at radius 2 is 1.95 bits per heavy atom. The molecule has 1 amide bonds. The van der Waals surface area contributed by atoms with Crippen molar-refractivity contribution in [1.29, 1.82) is 0 Å². The van der Waals surface area contributed by atoms with Gasteiger partial charge in [0, 0.05) is 29.4 Å². The van der Waals surface area contributed by atoms with Crippen LogP contribution in [0.2, 0.25) is 5.02 Å². The third-order valence-electron chi connectivity index (χ3n) is 7.75. The van der Waals surface area contributed by atoms with Crippen LogP contribution in [-0.4, -0.2) is 46.4 Å². The van der Waals surface area contributed by atoms with Gasteiger partial charge in [-0.1, -0.05) is 55.8 Å². The van der Waals surface area contributed by atoms with Crippen LogP contribution in [0.3, 0.4) is 0 Å². The van der Waals surface area contributed by atoms with E-state index in [1.54, 1.807) is 18.2 Å². The van der Waals surface area contributed by atoms with E-state index in [4.69, 9.17) is 16.3 Å². The molecule has 0 fully saturated rings. The lowest BCUT2D eigenvalue weighted by molar-refractivity contribution is 0.0813. The molecular weight excluding hydrogens is 538 g/mol. The number of phenols is 1. The highest BCUT2D eigenvalue weighted by Crippen LogP contribution is 2.31. The van der Waals surface area contributed by atoms with Gasteiger partial charge in [-0.05, 0) is 86.8 Å². The van der Waals surface area contributed by atoms with Gasteiger partial charge < -0.3 is 25.6 Å². The number of carbonyl (C=O) groups is 1. The van der Waals surface area contributed by atoms with E-state index in [1.807, 2.05) is 13.0 Å². The van der Waals surface area contributed by atoms with Gasteiger partial charge in [0.25, 0.3) is 5.91 Å². The number of aromatic nitrogens is 1. The number of amides is 1. The number of carbonyl (C=O) groups excluding carboxylic acids is 1. The predicted octanol–water partition coefficient (Wildman–Crippen LogP) is 5.81. The number of aliphatic hydroxyl groups excluding tert-OH is 1. The van der Waals surface area contributed by atoms with Crippen LogP contribution in [0.4, 0.5) is 0 Å². The Kier molecular flexibility index (Phi) is 9.95. The smallest absolute Gasteiger partial charge is 0.251 e. The van der Waals surface area contributed by atoms with Gasteiger partial charge in [-0.3, -0.25) is 4.79 Å². The number of nitrogens with zero attached hydrogens (tertiary/aromatic N) is 1. The van der Waals surface area contributed by atoms with Crippen molar-refractivity contribution < 1.29 is 19.7 Å². The summed E-state index contributed by atoms with van der Waals surface area (Å²) in [5, 5.41) is 28.9. The number of ether oxygens (including phenoxy) is 1. The molecule has 0 spiro atoms. The molecule has 8 heteroatoms. The lowest BCUT2D eigenvalue weighted by Gasteiger charge is -2.32. The fourth-order valence-electron chi connectivity index (χ4n) is 5.14. The van der Waals surface area contributed by atoms with E-state index >= 15 is 0 Å². The van der Waals surface area contributed by atoms with E-state index in [-0.39, 0.29) is 23.2 Å². The molecule has 4 bridgehead atoms. The van der Waals surface area contributed by atoms with Crippen LogP contribution in [-0.2, 0) is 18.4 Å². The standard InChI is InChI=1S/C33H42ClN3O4/c1-20(2)23-10-8-11-26(17-23)33(4,5)35-19-29(38)28-16-22-14-24(31(39)27(34)15-22)9-6-7-12-41-30-18-25(32(40)37-28)13-21(3)36-30/h8,10-11,13-15,17-18,20,28-29,35,38-39H,6-7,9,12,16,19H2,1-5H3,(H,37,40)/t28-,29+/m0/s1. The molecular formula is C33H42ClN3O4. The summed E-state index contributed by atoms with van der Waals surface area (Å²) in [5.41, 5.74) is 4.61. The minimum atomic E-state index is -0.920. The first-order valence-corrected chi connectivity index (χ1v) is 14.8. The zero-order valence-corrected chi connectivity index (χ0v) is 25.4. The summed E-state index contributed by atoms with van der Waals surface area (Å²) in [5.74, 6) is 0.539. The molecule has 0 saturated heterocycles. The summed E-state index contributed by atoms with van der Waals surface area (Å²) in [7, 11) is 0. The van der Waals surface area contributed by atoms with Crippen molar-refractivity contribution in [3.8, 4) is 11.6 Å². The number of hydrogen-bond acceptors (Lipinski definition) is 6. The lowest BCUT2D eigenvalue weighted by Crippen LogP contribution is -2.51. The van der Waals surface area contributed by atoms with Gasteiger partial charge in [0.05, 0.1) is 23.8 Å². The van der Waals surface area contributed by atoms with Gasteiger partial charge in [0.15, 0.2) is 0 Å². The number of fused-ring (bicyclic) bond motifs is 4. The Morgan fingerprint density at radius 3 is 2.71 bits per heavy atom. The van der Waals surface area contributed by atoms with Crippen molar-refractivity contribution in [1.82, 2.24) is 15.6 Å². The SMILES string of the molecule is Cc1cc2cc(n1)OCCCCc1cc(cc(Cl)c1O)C[C@@H]([C@H](O)CNC(C)(C)c1cccc(C(C)C)c1)NC2=O. The summed E-state index contributed by atoms with van der Waals surface area (Å²) in [6, 6.07) is 14.8. The van der Waals surface area contributed by atoms with E-state index in [2.05, 4.69) is 67.6 Å². The molecule has 1 aliphatic heterocycles. The number of pyridine rings is 1. The average Bonchev–Trinajstić information content (AvgIpc) is 2.93. The van der Waals surface area contributed by atoms with Crippen molar-refractivity contribution in [2.24, 2.45) is 0 Å². The lowest BCUT2D eigenvalue weighted by atomic mass is 9.90. The molecule has 41 heavy (non-hydrogen) atoms. The zero-order valence-electron chi connectivity index (χ0n) is 24.6. The van der Waals surface area contributed by atoms with Crippen molar-refractivity contribution >= 4 is 17.5 Å². The fraction of sp³-hybridized carbons (Fsp3) is 0.455. The number of nitrogens with one attached hydrogen (secondary N) is 2. The molecule has 2 atom stereocenters. The maximum atomic E-state index is 13.5. The van der Waals surface area contributed by atoms with Gasteiger partial charge in [0.2, 0.25) is 5.88 Å². The number of phenolic OH excluding ortho intramolecular Hbond substituents is 1. The molecule has 4 rings (SSSR count). The molecule has 0 aliphatic carbocycles. The van der Waals surface area contributed by atoms with Gasteiger partial charge in [0.1, 0.15) is 5.75 Å². The first kappa shape index (κ1) is 30.8. The molecule has 1 aliphatic rings. The van der Waals surface area contributed by atoms with E-state index in [1.165, 1.54) is 5.56 Å². The first-order chi connectivity index (χ1) is 19.4. The van der Waals surface area contributed by atoms with Crippen molar-refractivity contribution in [3.63, 3.8) is 0 Å². The Bertz CT molecular complexity index is 1370. The van der Waals surface area contributed by atoms with Crippen LogP contribution >= 0.6 is 11.6 Å². The monoisotopic (exact) mass is 579 g/mol. The number of benzene rings is 2. The highest BCUT2D eigenvalue weighted by atomic mass is 35.5. The van der Waals surface area contributed by atoms with Crippen LogP contribution in [0.5, 0.6) is 11.6 Å². The van der Waals surface area contributed by atoms with Gasteiger partial charge >= 0.3 is 0 Å². The van der Waals surface area contributed by atoms with Crippen molar-refractivity contribution in [2.45, 2.75) is 83.9 Å².